The van der Waals surface area contributed by atoms with Gasteiger partial charge in [0.15, 0.2) is 6.61 Å². The Morgan fingerprint density at radius 3 is 2.31 bits per heavy atom. The molecule has 3 aromatic carbocycles. The molecule has 1 aliphatic heterocycles. The number of carbonyl (C=O) groups is 1. The summed E-state index contributed by atoms with van der Waals surface area (Å²) in [5.41, 5.74) is 9.16. The topological polar surface area (TPSA) is 104 Å². The molecule has 1 aliphatic rings. The van der Waals surface area contributed by atoms with Gasteiger partial charge < -0.3 is 24.7 Å². The number of hydrogen-bond acceptors (Lipinski definition) is 7. The van der Waals surface area contributed by atoms with Gasteiger partial charge >= 0.3 is 5.97 Å². The predicted molar refractivity (Wildman–Crippen MR) is 130 cm³/mol. The van der Waals surface area contributed by atoms with Crippen LogP contribution in [0.5, 0.6) is 23.0 Å². The van der Waals surface area contributed by atoms with Crippen LogP contribution in [0.1, 0.15) is 42.4 Å². The molecule has 0 amide bonds. The van der Waals surface area contributed by atoms with Crippen LogP contribution in [0.25, 0.3) is 0 Å². The van der Waals surface area contributed by atoms with E-state index in [1.54, 1.807) is 25.3 Å². The van der Waals surface area contributed by atoms with Gasteiger partial charge in [0.2, 0.25) is 5.88 Å². The Balaban J connectivity index is 1.49. The van der Waals surface area contributed by atoms with Gasteiger partial charge in [-0.2, -0.15) is 5.26 Å². The summed E-state index contributed by atoms with van der Waals surface area (Å²) >= 11 is 0. The van der Waals surface area contributed by atoms with Crippen LogP contribution < -0.4 is 24.7 Å². The second-order valence-corrected chi connectivity index (χ2v) is 8.38. The number of nitrogens with two attached hydrogens (primary N) is 1. The molecule has 4 rings (SSSR count). The minimum absolute atomic E-state index is 0.0115. The normalized spacial score (nSPS) is 14.5. The molecule has 1 unspecified atom stereocenters. The highest BCUT2D eigenvalue weighted by atomic mass is 16.6. The number of allylic oxidation sites excluding steroid dienone is 1. The second-order valence-electron chi connectivity index (χ2n) is 8.38. The summed E-state index contributed by atoms with van der Waals surface area (Å²) in [6, 6.07) is 22.2. The lowest BCUT2D eigenvalue weighted by molar-refractivity contribution is -0.136. The molecule has 1 atom stereocenters. The molecule has 1 heterocycles. The molecular formula is C28H26N2O5. The molecule has 0 saturated carbocycles. The molecule has 0 bridgehead atoms. The maximum atomic E-state index is 12.4. The summed E-state index contributed by atoms with van der Waals surface area (Å²) in [4.78, 5) is 12.4. The molecule has 3 aromatic rings. The van der Waals surface area contributed by atoms with Crippen molar-refractivity contribution in [1.29, 1.82) is 5.26 Å². The summed E-state index contributed by atoms with van der Waals surface area (Å²) in [7, 11) is 1.59. The molecule has 2 N–H and O–H groups in total. The first kappa shape index (κ1) is 23.7. The van der Waals surface area contributed by atoms with Gasteiger partial charge in [0.25, 0.3) is 0 Å². The van der Waals surface area contributed by atoms with E-state index in [0.717, 1.165) is 11.1 Å². The number of ether oxygens (including phenoxy) is 4. The summed E-state index contributed by atoms with van der Waals surface area (Å²) < 4.78 is 21.9. The molecule has 35 heavy (non-hydrogen) atoms. The van der Waals surface area contributed by atoms with Crippen molar-refractivity contribution in [3.05, 3.63) is 94.9 Å². The van der Waals surface area contributed by atoms with Gasteiger partial charge in [-0.05, 0) is 47.4 Å². The third kappa shape index (κ3) is 5.22. The van der Waals surface area contributed by atoms with Crippen LogP contribution >= 0.6 is 0 Å². The fourth-order valence-electron chi connectivity index (χ4n) is 3.89. The van der Waals surface area contributed by atoms with Crippen LogP contribution in [0, 0.1) is 11.3 Å². The summed E-state index contributed by atoms with van der Waals surface area (Å²) in [5, 5.41) is 9.71. The van der Waals surface area contributed by atoms with Gasteiger partial charge in [-0.3, -0.25) is 0 Å². The maximum Gasteiger partial charge on any atom is 0.349 e. The van der Waals surface area contributed by atoms with Crippen molar-refractivity contribution in [3.8, 4) is 29.1 Å². The van der Waals surface area contributed by atoms with Crippen LogP contribution in [0.15, 0.2) is 78.2 Å². The van der Waals surface area contributed by atoms with Crippen LogP contribution in [-0.2, 0) is 4.79 Å². The quantitative estimate of drug-likeness (QED) is 0.382. The number of nitrogens with zero attached hydrogens (tertiary/aromatic N) is 1. The van der Waals surface area contributed by atoms with Crippen LogP contribution in [0.3, 0.4) is 0 Å². The highest BCUT2D eigenvalue weighted by molar-refractivity contribution is 5.74. The van der Waals surface area contributed by atoms with Gasteiger partial charge in [-0.1, -0.05) is 44.2 Å². The maximum absolute atomic E-state index is 12.4. The molecule has 0 fully saturated rings. The molecule has 0 saturated heterocycles. The fraction of sp³-hybridized carbons (Fsp3) is 0.214. The number of carbonyl (C=O) groups excluding carboxylic acids is 1. The summed E-state index contributed by atoms with van der Waals surface area (Å²) in [6.07, 6.45) is 0. The number of esters is 1. The molecule has 7 nitrogen and oxygen atoms in total. The highest BCUT2D eigenvalue weighted by Crippen LogP contribution is 2.43. The number of rotatable bonds is 7. The average Bonchev–Trinajstić information content (AvgIpc) is 2.87. The van der Waals surface area contributed by atoms with E-state index < -0.39 is 11.9 Å². The lowest BCUT2D eigenvalue weighted by Gasteiger charge is -2.26. The standard InChI is InChI=1S/C28H26N2O5/c1-17(2)18-4-10-21(11-5-18)33-16-26(31)34-22-12-13-23-25(14-22)35-28(30)24(15-29)27(23)19-6-8-20(32-3)9-7-19/h4-14,17,27H,16,30H2,1-3H3. The Morgan fingerprint density at radius 1 is 1.03 bits per heavy atom. The first-order valence-electron chi connectivity index (χ1n) is 11.2. The first-order valence-corrected chi connectivity index (χ1v) is 11.2. The van der Waals surface area contributed by atoms with Crippen LogP contribution in [-0.4, -0.2) is 19.7 Å². The Hall–Kier alpha value is -4.44. The molecule has 178 valence electrons. The number of fused-ring (bicyclic) bond motifs is 1. The van der Waals surface area contributed by atoms with E-state index >= 15 is 0 Å². The monoisotopic (exact) mass is 470 g/mol. The van der Waals surface area contributed by atoms with E-state index in [-0.39, 0.29) is 18.2 Å². The van der Waals surface area contributed by atoms with Crippen molar-refractivity contribution >= 4 is 5.97 Å². The lowest BCUT2D eigenvalue weighted by Crippen LogP contribution is -2.21. The van der Waals surface area contributed by atoms with Crippen LogP contribution in [0.4, 0.5) is 0 Å². The highest BCUT2D eigenvalue weighted by Gasteiger charge is 2.31. The van der Waals surface area contributed by atoms with Gasteiger partial charge in [0.1, 0.15) is 34.6 Å². The fourth-order valence-corrected chi connectivity index (χ4v) is 3.89. The van der Waals surface area contributed by atoms with E-state index in [1.807, 2.05) is 48.5 Å². The molecule has 0 radical (unpaired) electrons. The predicted octanol–water partition coefficient (Wildman–Crippen LogP) is 5.02. The third-order valence-electron chi connectivity index (χ3n) is 5.77. The lowest BCUT2D eigenvalue weighted by atomic mass is 9.83. The number of nitriles is 1. The third-order valence-corrected chi connectivity index (χ3v) is 5.77. The zero-order valence-corrected chi connectivity index (χ0v) is 19.8. The number of methoxy groups -OCH3 is 1. The van der Waals surface area contributed by atoms with Crippen molar-refractivity contribution in [3.63, 3.8) is 0 Å². The minimum atomic E-state index is -0.554. The molecule has 0 aromatic heterocycles. The van der Waals surface area contributed by atoms with Gasteiger partial charge in [-0.15, -0.1) is 0 Å². The van der Waals surface area contributed by atoms with Gasteiger partial charge in [-0.25, -0.2) is 4.79 Å². The van der Waals surface area contributed by atoms with E-state index in [0.29, 0.717) is 28.7 Å². The van der Waals surface area contributed by atoms with E-state index in [4.69, 9.17) is 24.7 Å². The SMILES string of the molecule is COc1ccc(C2C(C#N)=C(N)Oc3cc(OC(=O)COc4ccc(C(C)C)cc4)ccc32)cc1. The van der Waals surface area contributed by atoms with E-state index in [9.17, 15) is 10.1 Å². The Morgan fingerprint density at radius 2 is 1.69 bits per heavy atom. The Kier molecular flexibility index (Phi) is 6.93. The summed E-state index contributed by atoms with van der Waals surface area (Å²) in [5.74, 6) is 1.45. The van der Waals surface area contributed by atoms with Gasteiger partial charge in [0.05, 0.1) is 13.0 Å². The molecule has 0 aliphatic carbocycles. The number of hydrogen-bond donors (Lipinski definition) is 1. The Labute approximate surface area is 204 Å². The summed E-state index contributed by atoms with van der Waals surface area (Å²) in [6.45, 7) is 3.98. The molecule has 0 spiro atoms. The van der Waals surface area contributed by atoms with Crippen molar-refractivity contribution in [2.24, 2.45) is 5.73 Å². The van der Waals surface area contributed by atoms with Crippen LogP contribution in [0.2, 0.25) is 0 Å². The minimum Gasteiger partial charge on any atom is -0.497 e. The van der Waals surface area contributed by atoms with Crippen molar-refractivity contribution in [1.82, 2.24) is 0 Å². The van der Waals surface area contributed by atoms with Crippen molar-refractivity contribution in [2.75, 3.05) is 13.7 Å². The van der Waals surface area contributed by atoms with E-state index in [1.165, 1.54) is 5.56 Å². The van der Waals surface area contributed by atoms with Crippen molar-refractivity contribution < 1.29 is 23.7 Å². The van der Waals surface area contributed by atoms with E-state index in [2.05, 4.69) is 19.9 Å². The second kappa shape index (κ2) is 10.2. The Bertz CT molecular complexity index is 1290. The zero-order chi connectivity index (χ0) is 24.9. The first-order chi connectivity index (χ1) is 16.9. The molecule has 7 heteroatoms. The van der Waals surface area contributed by atoms with Gasteiger partial charge in [0, 0.05) is 11.6 Å². The average molecular weight is 471 g/mol. The molecular weight excluding hydrogens is 444 g/mol. The van der Waals surface area contributed by atoms with Crippen molar-refractivity contribution in [2.45, 2.75) is 25.7 Å². The largest absolute Gasteiger partial charge is 0.497 e. The smallest absolute Gasteiger partial charge is 0.349 e. The zero-order valence-electron chi connectivity index (χ0n) is 19.8. The number of benzene rings is 3.